The Kier molecular flexibility index (Phi) is 19.5. The summed E-state index contributed by atoms with van der Waals surface area (Å²) < 4.78 is 0. The van der Waals surface area contributed by atoms with E-state index in [1.807, 2.05) is 19.9 Å². The Bertz CT molecular complexity index is 851. The number of benzene rings is 2. The molecular weight excluding hydrogens is 436 g/mol. The van der Waals surface area contributed by atoms with E-state index < -0.39 is 0 Å². The van der Waals surface area contributed by atoms with Crippen molar-refractivity contribution in [3.05, 3.63) is 121 Å². The Labute approximate surface area is 223 Å². The van der Waals surface area contributed by atoms with Gasteiger partial charge in [0.2, 0.25) is 0 Å². The zero-order valence-electron chi connectivity index (χ0n) is 23.8. The van der Waals surface area contributed by atoms with Gasteiger partial charge in [-0.3, -0.25) is 0 Å². The minimum absolute atomic E-state index is 0.309. The minimum Gasteiger partial charge on any atom is -0.386 e. The zero-order chi connectivity index (χ0) is 27.2. The highest BCUT2D eigenvalue weighted by atomic mass is 14.9. The number of allylic oxidation sites excluding steroid dienone is 3. The first-order valence-corrected chi connectivity index (χ1v) is 13.4. The quantitative estimate of drug-likeness (QED) is 0.259. The Morgan fingerprint density at radius 1 is 0.806 bits per heavy atom. The lowest BCUT2D eigenvalue weighted by Gasteiger charge is -2.17. The van der Waals surface area contributed by atoms with Gasteiger partial charge in [0, 0.05) is 23.5 Å². The van der Waals surface area contributed by atoms with Crippen LogP contribution in [-0.4, -0.2) is 12.1 Å². The van der Waals surface area contributed by atoms with Crippen molar-refractivity contribution in [3.63, 3.8) is 0 Å². The maximum Gasteiger partial charge on any atom is 0.0436 e. The van der Waals surface area contributed by atoms with Crippen LogP contribution in [0.1, 0.15) is 77.8 Å². The third-order valence-corrected chi connectivity index (χ3v) is 5.72. The van der Waals surface area contributed by atoms with Crippen LogP contribution in [0.3, 0.4) is 0 Å². The molecule has 2 aromatic carbocycles. The molecule has 0 aliphatic carbocycles. The van der Waals surface area contributed by atoms with Gasteiger partial charge < -0.3 is 10.6 Å². The van der Waals surface area contributed by atoms with Gasteiger partial charge >= 0.3 is 0 Å². The molecule has 2 heteroatoms. The fourth-order valence-corrected chi connectivity index (χ4v) is 3.38. The van der Waals surface area contributed by atoms with E-state index in [0.717, 1.165) is 42.7 Å². The molecule has 0 bridgehead atoms. The van der Waals surface area contributed by atoms with Crippen LogP contribution in [0.4, 0.5) is 0 Å². The summed E-state index contributed by atoms with van der Waals surface area (Å²) in [6, 6.07) is 21.9. The molecule has 0 saturated heterocycles. The van der Waals surface area contributed by atoms with Gasteiger partial charge in [-0.2, -0.15) is 0 Å². The van der Waals surface area contributed by atoms with Gasteiger partial charge in [-0.1, -0.05) is 112 Å². The second-order valence-corrected chi connectivity index (χ2v) is 9.49. The van der Waals surface area contributed by atoms with Crippen molar-refractivity contribution in [1.82, 2.24) is 10.6 Å². The maximum atomic E-state index is 4.11. The van der Waals surface area contributed by atoms with Gasteiger partial charge in [0.05, 0.1) is 0 Å². The van der Waals surface area contributed by atoms with Gasteiger partial charge in [-0.15, -0.1) is 6.58 Å². The minimum atomic E-state index is 0.309. The summed E-state index contributed by atoms with van der Waals surface area (Å²) in [7, 11) is 0. The highest BCUT2D eigenvalue weighted by molar-refractivity contribution is 5.17. The van der Waals surface area contributed by atoms with Gasteiger partial charge in [0.1, 0.15) is 0 Å². The monoisotopic (exact) mass is 488 g/mol. The van der Waals surface area contributed by atoms with Crippen molar-refractivity contribution in [1.29, 1.82) is 0 Å². The van der Waals surface area contributed by atoms with Crippen LogP contribution >= 0.6 is 0 Å². The van der Waals surface area contributed by atoms with Gasteiger partial charge in [-0.05, 0) is 70.9 Å². The second kappa shape index (κ2) is 21.3. The fraction of sp³-hybridized carbons (Fsp3) is 0.412. The third kappa shape index (κ3) is 18.3. The van der Waals surface area contributed by atoms with Crippen LogP contribution in [0.15, 0.2) is 110 Å². The van der Waals surface area contributed by atoms with Gasteiger partial charge in [0.25, 0.3) is 0 Å². The standard InChI is InChI=1S/C16H25N.C15H21N.C3H6/c1-4-5-9-14(2)17-15(3)12-13-16-10-7-6-8-11-16;1-12(2)14(4)16-13(3)10-11-15-8-6-5-7-9-15;1-3-2/h6-8,10-11,14,17H,3-5,9,12-13H2,1-2H3;5-9,14,16H,1,3,10-11H2,2,4H3;3H,1H2,2H3/t;14-;/m.0./s1. The SMILES string of the molecule is C=C(CCc1ccccc1)NC(C)CCCC.C=C(CCc1ccccc1)N[C@@H](C)C(=C)C.C=CC. The van der Waals surface area contributed by atoms with Crippen LogP contribution in [-0.2, 0) is 12.8 Å². The van der Waals surface area contributed by atoms with Crippen LogP contribution in [0.5, 0.6) is 0 Å². The molecule has 198 valence electrons. The molecule has 2 nitrogen and oxygen atoms in total. The van der Waals surface area contributed by atoms with Crippen molar-refractivity contribution in [2.24, 2.45) is 0 Å². The van der Waals surface area contributed by atoms with Crippen molar-refractivity contribution < 1.29 is 0 Å². The zero-order valence-corrected chi connectivity index (χ0v) is 23.8. The molecule has 0 aliphatic rings. The Balaban J connectivity index is 0.000000614. The van der Waals surface area contributed by atoms with E-state index in [0.29, 0.717) is 12.1 Å². The summed E-state index contributed by atoms with van der Waals surface area (Å²) in [4.78, 5) is 0. The van der Waals surface area contributed by atoms with E-state index in [4.69, 9.17) is 0 Å². The molecule has 0 saturated carbocycles. The third-order valence-electron chi connectivity index (χ3n) is 5.72. The molecule has 2 rings (SSSR count). The van der Waals surface area contributed by atoms with Crippen molar-refractivity contribution in [2.45, 2.75) is 91.6 Å². The maximum absolute atomic E-state index is 4.11. The Morgan fingerprint density at radius 2 is 1.22 bits per heavy atom. The lowest BCUT2D eigenvalue weighted by Crippen LogP contribution is -2.25. The highest BCUT2D eigenvalue weighted by Crippen LogP contribution is 2.09. The van der Waals surface area contributed by atoms with Gasteiger partial charge in [0.15, 0.2) is 0 Å². The number of nitrogens with one attached hydrogen (secondary N) is 2. The molecular formula is C34H52N2. The topological polar surface area (TPSA) is 24.1 Å². The molecule has 2 atom stereocenters. The van der Waals surface area contributed by atoms with E-state index in [1.165, 1.54) is 30.4 Å². The van der Waals surface area contributed by atoms with Crippen LogP contribution in [0.2, 0.25) is 0 Å². The summed E-state index contributed by atoms with van der Waals surface area (Å²) in [6.07, 6.45) is 9.66. The number of rotatable bonds is 14. The number of unbranched alkanes of at least 4 members (excludes halogenated alkanes) is 1. The summed E-state index contributed by atoms with van der Waals surface area (Å²) in [5.74, 6) is 0. The Hall–Kier alpha value is -3.00. The van der Waals surface area contributed by atoms with E-state index in [9.17, 15) is 0 Å². The fourth-order valence-electron chi connectivity index (χ4n) is 3.38. The van der Waals surface area contributed by atoms with E-state index >= 15 is 0 Å². The van der Waals surface area contributed by atoms with E-state index in [2.05, 4.69) is 112 Å². The normalized spacial score (nSPS) is 11.4. The van der Waals surface area contributed by atoms with E-state index in [1.54, 1.807) is 6.08 Å². The molecule has 2 N–H and O–H groups in total. The van der Waals surface area contributed by atoms with Gasteiger partial charge in [-0.25, -0.2) is 0 Å². The lowest BCUT2D eigenvalue weighted by molar-refractivity contribution is 0.530. The Morgan fingerprint density at radius 3 is 1.61 bits per heavy atom. The average Bonchev–Trinajstić information content (AvgIpc) is 2.87. The molecule has 0 fully saturated rings. The summed E-state index contributed by atoms with van der Waals surface area (Å²) in [5.41, 5.74) is 6.13. The highest BCUT2D eigenvalue weighted by Gasteiger charge is 2.03. The van der Waals surface area contributed by atoms with Crippen LogP contribution in [0, 0.1) is 0 Å². The molecule has 36 heavy (non-hydrogen) atoms. The molecule has 2 aromatic rings. The predicted molar refractivity (Wildman–Crippen MR) is 163 cm³/mol. The summed E-state index contributed by atoms with van der Waals surface area (Å²) >= 11 is 0. The molecule has 0 aromatic heterocycles. The number of aryl methyl sites for hydroxylation is 2. The molecule has 0 radical (unpaired) electrons. The predicted octanol–water partition coefficient (Wildman–Crippen LogP) is 9.18. The van der Waals surface area contributed by atoms with Crippen molar-refractivity contribution in [2.75, 3.05) is 0 Å². The first kappa shape index (κ1) is 33.0. The average molecular weight is 489 g/mol. The van der Waals surface area contributed by atoms with Crippen LogP contribution < -0.4 is 10.6 Å². The number of hydrogen-bond donors (Lipinski definition) is 2. The molecule has 0 amide bonds. The van der Waals surface area contributed by atoms with Crippen molar-refractivity contribution in [3.8, 4) is 0 Å². The molecule has 0 spiro atoms. The van der Waals surface area contributed by atoms with Crippen molar-refractivity contribution >= 4 is 0 Å². The van der Waals surface area contributed by atoms with Crippen LogP contribution in [0.25, 0.3) is 0 Å². The summed E-state index contributed by atoms with van der Waals surface area (Å²) in [6.45, 7) is 25.9. The number of hydrogen-bond acceptors (Lipinski definition) is 2. The smallest absolute Gasteiger partial charge is 0.0436 e. The second-order valence-electron chi connectivity index (χ2n) is 9.49. The lowest BCUT2D eigenvalue weighted by atomic mass is 10.1. The molecule has 1 unspecified atom stereocenters. The summed E-state index contributed by atoms with van der Waals surface area (Å²) in [5, 5.41) is 6.85. The molecule has 0 heterocycles. The first-order valence-electron chi connectivity index (χ1n) is 13.4. The molecule has 0 aliphatic heterocycles. The first-order chi connectivity index (χ1) is 17.2. The largest absolute Gasteiger partial charge is 0.386 e. The van der Waals surface area contributed by atoms with E-state index in [-0.39, 0.29) is 0 Å².